The number of benzene rings is 2. The Morgan fingerprint density at radius 3 is 2.15 bits per heavy atom. The van der Waals surface area contributed by atoms with Crippen molar-refractivity contribution in [2.75, 3.05) is 6.54 Å². The van der Waals surface area contributed by atoms with Crippen molar-refractivity contribution in [3.05, 3.63) is 94.9 Å². The lowest BCUT2D eigenvalue weighted by molar-refractivity contribution is -0.0309. The second-order valence-corrected chi connectivity index (χ2v) is 8.90. The van der Waals surface area contributed by atoms with Gasteiger partial charge in [0.05, 0.1) is 11.6 Å². The Kier molecular flexibility index (Phi) is 8.06. The van der Waals surface area contributed by atoms with Gasteiger partial charge in [-0.1, -0.05) is 60.7 Å². The standard InChI is InChI=1S/C21H26N2O4.C6H6/c1-14(23-11-9-18(27-20(23)25)13-21(2,3)26)15-4-6-16(7-5-15)17-8-10-22-19(24)12-17;1-2-4-6-5-3-1/h4-8,10,12,14,18,26H,9,11,13H2,1-3H3,(H,22,24);1-6H/t14?,18-;/m0./s1. The van der Waals surface area contributed by atoms with Crippen LogP contribution in [0.5, 0.6) is 0 Å². The molecule has 1 fully saturated rings. The number of aliphatic hydroxyl groups is 1. The number of H-pyrrole nitrogens is 1. The number of hydrogen-bond donors (Lipinski definition) is 2. The van der Waals surface area contributed by atoms with Crippen LogP contribution in [0, 0.1) is 0 Å². The first-order valence-corrected chi connectivity index (χ1v) is 11.2. The minimum atomic E-state index is -0.853. The van der Waals surface area contributed by atoms with Gasteiger partial charge in [0.1, 0.15) is 6.10 Å². The predicted octanol–water partition coefficient (Wildman–Crippen LogP) is 5.16. The van der Waals surface area contributed by atoms with Crippen LogP contribution >= 0.6 is 0 Å². The highest BCUT2D eigenvalue weighted by molar-refractivity contribution is 5.69. The third kappa shape index (κ3) is 7.32. The van der Waals surface area contributed by atoms with Gasteiger partial charge in [0.25, 0.3) is 0 Å². The van der Waals surface area contributed by atoms with Crippen molar-refractivity contribution >= 4 is 6.09 Å². The fourth-order valence-corrected chi connectivity index (χ4v) is 3.84. The van der Waals surface area contributed by atoms with Gasteiger partial charge in [-0.3, -0.25) is 4.79 Å². The Morgan fingerprint density at radius 1 is 1.03 bits per heavy atom. The zero-order valence-electron chi connectivity index (χ0n) is 19.4. The summed E-state index contributed by atoms with van der Waals surface area (Å²) in [5.41, 5.74) is 1.81. The van der Waals surface area contributed by atoms with Crippen LogP contribution in [-0.4, -0.2) is 39.3 Å². The second-order valence-electron chi connectivity index (χ2n) is 8.90. The first-order valence-electron chi connectivity index (χ1n) is 11.2. The number of nitrogens with zero attached hydrogens (tertiary/aromatic N) is 1. The maximum Gasteiger partial charge on any atom is 0.410 e. The van der Waals surface area contributed by atoms with E-state index in [1.165, 1.54) is 0 Å². The van der Waals surface area contributed by atoms with Gasteiger partial charge >= 0.3 is 6.09 Å². The molecule has 1 aliphatic heterocycles. The highest BCUT2D eigenvalue weighted by Gasteiger charge is 2.33. The van der Waals surface area contributed by atoms with Crippen molar-refractivity contribution in [3.8, 4) is 11.1 Å². The van der Waals surface area contributed by atoms with Gasteiger partial charge in [0.2, 0.25) is 5.56 Å². The van der Waals surface area contributed by atoms with Crippen molar-refractivity contribution in [1.82, 2.24) is 9.88 Å². The SMILES string of the molecule is CC(c1ccc(-c2cc[nH]c(=O)c2)cc1)N1CC[C@@H](CC(C)(C)O)OC1=O.c1ccccc1. The number of amides is 1. The fourth-order valence-electron chi connectivity index (χ4n) is 3.84. The molecular formula is C27H32N2O4. The number of nitrogens with one attached hydrogen (secondary N) is 1. The van der Waals surface area contributed by atoms with Crippen molar-refractivity contribution in [1.29, 1.82) is 0 Å². The monoisotopic (exact) mass is 448 g/mol. The van der Waals surface area contributed by atoms with E-state index in [0.29, 0.717) is 19.4 Å². The maximum atomic E-state index is 12.4. The molecule has 1 aromatic heterocycles. The van der Waals surface area contributed by atoms with Crippen molar-refractivity contribution in [2.45, 2.75) is 51.4 Å². The molecule has 33 heavy (non-hydrogen) atoms. The summed E-state index contributed by atoms with van der Waals surface area (Å²) in [6.07, 6.45) is 2.17. The molecule has 2 heterocycles. The summed E-state index contributed by atoms with van der Waals surface area (Å²) in [7, 11) is 0. The zero-order chi connectivity index (χ0) is 23.8. The van der Waals surface area contributed by atoms with E-state index in [1.807, 2.05) is 73.7 Å². The minimum Gasteiger partial charge on any atom is -0.446 e. The van der Waals surface area contributed by atoms with Crippen molar-refractivity contribution in [2.24, 2.45) is 0 Å². The van der Waals surface area contributed by atoms with Gasteiger partial charge in [0, 0.05) is 31.6 Å². The lowest BCUT2D eigenvalue weighted by Crippen LogP contribution is -2.45. The van der Waals surface area contributed by atoms with Gasteiger partial charge in [-0.15, -0.1) is 0 Å². The Morgan fingerprint density at radius 2 is 1.64 bits per heavy atom. The first-order chi connectivity index (χ1) is 15.7. The van der Waals surface area contributed by atoms with Crippen LogP contribution < -0.4 is 5.56 Å². The van der Waals surface area contributed by atoms with E-state index >= 15 is 0 Å². The highest BCUT2D eigenvalue weighted by Crippen LogP contribution is 2.29. The second kappa shape index (κ2) is 11.0. The molecule has 0 aliphatic carbocycles. The third-order valence-electron chi connectivity index (χ3n) is 5.56. The largest absolute Gasteiger partial charge is 0.446 e. The Balaban J connectivity index is 0.000000442. The van der Waals surface area contributed by atoms with Gasteiger partial charge in [-0.05, 0) is 43.5 Å². The summed E-state index contributed by atoms with van der Waals surface area (Å²) in [5.74, 6) is 0. The molecule has 0 radical (unpaired) electrons. The molecule has 2 aromatic carbocycles. The molecule has 1 amide bonds. The number of aromatic amines is 1. The Bertz CT molecular complexity index is 1040. The molecule has 2 atom stereocenters. The Hall–Kier alpha value is -3.38. The van der Waals surface area contributed by atoms with Gasteiger partial charge in [-0.25, -0.2) is 4.79 Å². The number of hydrogen-bond acceptors (Lipinski definition) is 4. The average Bonchev–Trinajstić information content (AvgIpc) is 2.79. The highest BCUT2D eigenvalue weighted by atomic mass is 16.6. The normalized spacial score (nSPS) is 16.9. The molecular weight excluding hydrogens is 416 g/mol. The van der Waals surface area contributed by atoms with E-state index in [1.54, 1.807) is 31.0 Å². The summed E-state index contributed by atoms with van der Waals surface area (Å²) in [5, 5.41) is 9.92. The van der Waals surface area contributed by atoms with E-state index < -0.39 is 5.60 Å². The summed E-state index contributed by atoms with van der Waals surface area (Å²) < 4.78 is 5.51. The van der Waals surface area contributed by atoms with Crippen LogP contribution in [0.15, 0.2) is 83.8 Å². The summed E-state index contributed by atoms with van der Waals surface area (Å²) >= 11 is 0. The number of carbonyl (C=O) groups excluding carboxylic acids is 1. The van der Waals surface area contributed by atoms with E-state index in [0.717, 1.165) is 16.7 Å². The molecule has 0 bridgehead atoms. The lowest BCUT2D eigenvalue weighted by atomic mass is 9.97. The van der Waals surface area contributed by atoms with E-state index in [9.17, 15) is 14.7 Å². The van der Waals surface area contributed by atoms with Crippen LogP contribution in [0.4, 0.5) is 4.79 Å². The maximum absolute atomic E-state index is 12.4. The first kappa shape index (κ1) is 24.3. The Labute approximate surface area is 194 Å². The molecule has 174 valence electrons. The predicted molar refractivity (Wildman–Crippen MR) is 130 cm³/mol. The summed E-state index contributed by atoms with van der Waals surface area (Å²) in [6.45, 7) is 6.01. The third-order valence-corrected chi connectivity index (χ3v) is 5.56. The van der Waals surface area contributed by atoms with Crippen molar-refractivity contribution in [3.63, 3.8) is 0 Å². The minimum absolute atomic E-state index is 0.117. The van der Waals surface area contributed by atoms with E-state index in [2.05, 4.69) is 4.98 Å². The molecule has 1 aliphatic rings. The number of pyridine rings is 1. The number of carbonyl (C=O) groups is 1. The molecule has 2 N–H and O–H groups in total. The fraction of sp³-hybridized carbons (Fsp3) is 0.333. The van der Waals surface area contributed by atoms with Gasteiger partial charge < -0.3 is 19.7 Å². The molecule has 6 nitrogen and oxygen atoms in total. The number of aromatic nitrogens is 1. The summed E-state index contributed by atoms with van der Waals surface area (Å²) in [6, 6.07) is 23.1. The topological polar surface area (TPSA) is 82.6 Å². The molecule has 0 spiro atoms. The lowest BCUT2D eigenvalue weighted by Gasteiger charge is -2.37. The molecule has 3 aromatic rings. The molecule has 4 rings (SSSR count). The number of cyclic esters (lactones) is 1. The van der Waals surface area contributed by atoms with Gasteiger partial charge in [0.15, 0.2) is 0 Å². The van der Waals surface area contributed by atoms with Crippen LogP contribution in [-0.2, 0) is 4.74 Å². The molecule has 6 heteroatoms. The van der Waals surface area contributed by atoms with Crippen LogP contribution in [0.25, 0.3) is 11.1 Å². The quantitative estimate of drug-likeness (QED) is 0.565. The van der Waals surface area contributed by atoms with Gasteiger partial charge in [-0.2, -0.15) is 0 Å². The van der Waals surface area contributed by atoms with Crippen LogP contribution in [0.1, 0.15) is 45.2 Å². The van der Waals surface area contributed by atoms with E-state index in [-0.39, 0.29) is 23.8 Å². The smallest absolute Gasteiger partial charge is 0.410 e. The van der Waals surface area contributed by atoms with Crippen molar-refractivity contribution < 1.29 is 14.6 Å². The molecule has 1 saturated heterocycles. The van der Waals surface area contributed by atoms with E-state index in [4.69, 9.17) is 4.74 Å². The van der Waals surface area contributed by atoms with Crippen LogP contribution in [0.3, 0.4) is 0 Å². The number of ether oxygens (including phenoxy) is 1. The van der Waals surface area contributed by atoms with Crippen LogP contribution in [0.2, 0.25) is 0 Å². The summed E-state index contributed by atoms with van der Waals surface area (Å²) in [4.78, 5) is 28.2. The number of rotatable bonds is 5. The molecule has 0 saturated carbocycles. The zero-order valence-corrected chi connectivity index (χ0v) is 19.4. The average molecular weight is 449 g/mol. The molecule has 1 unspecified atom stereocenters.